The summed E-state index contributed by atoms with van der Waals surface area (Å²) >= 11 is 0. The van der Waals surface area contributed by atoms with Gasteiger partial charge in [-0.25, -0.2) is 0 Å². The highest BCUT2D eigenvalue weighted by Crippen LogP contribution is 2.05. The molecule has 16 heavy (non-hydrogen) atoms. The summed E-state index contributed by atoms with van der Waals surface area (Å²) in [5, 5.41) is 19.9. The fourth-order valence-electron chi connectivity index (χ4n) is 1.58. The van der Waals surface area contributed by atoms with Crippen molar-refractivity contribution in [2.45, 2.75) is 18.9 Å². The van der Waals surface area contributed by atoms with E-state index in [2.05, 4.69) is 5.32 Å². The third kappa shape index (κ3) is 3.50. The van der Waals surface area contributed by atoms with E-state index in [4.69, 9.17) is 10.2 Å². The van der Waals surface area contributed by atoms with Crippen LogP contribution in [0.25, 0.3) is 0 Å². The molecule has 0 aromatic rings. The van der Waals surface area contributed by atoms with Crippen LogP contribution in [0.5, 0.6) is 0 Å². The lowest BCUT2D eigenvalue weighted by Crippen LogP contribution is -2.55. The van der Waals surface area contributed by atoms with Crippen molar-refractivity contribution in [1.29, 1.82) is 0 Å². The molecule has 0 aromatic heterocycles. The van der Waals surface area contributed by atoms with Gasteiger partial charge < -0.3 is 20.4 Å². The summed E-state index contributed by atoms with van der Waals surface area (Å²) in [5.74, 6) is -2.36. The van der Waals surface area contributed by atoms with Crippen molar-refractivity contribution in [2.24, 2.45) is 0 Å². The van der Waals surface area contributed by atoms with Gasteiger partial charge in [-0.3, -0.25) is 14.4 Å². The molecule has 0 bridgehead atoms. The molecule has 90 valence electrons. The van der Waals surface area contributed by atoms with E-state index in [-0.39, 0.29) is 25.3 Å². The molecule has 1 rings (SSSR count). The number of nitrogens with one attached hydrogen (secondary N) is 1. The summed E-state index contributed by atoms with van der Waals surface area (Å²) in [5.41, 5.74) is 0. The summed E-state index contributed by atoms with van der Waals surface area (Å²) in [6, 6.07) is -0.736. The molecule has 0 radical (unpaired) electrons. The smallest absolute Gasteiger partial charge is 0.305 e. The van der Waals surface area contributed by atoms with E-state index >= 15 is 0 Å². The lowest BCUT2D eigenvalue weighted by molar-refractivity contribution is -0.145. The second kappa shape index (κ2) is 5.45. The Kier molecular flexibility index (Phi) is 4.24. The van der Waals surface area contributed by atoms with Crippen molar-refractivity contribution < 1.29 is 24.6 Å². The first kappa shape index (κ1) is 12.4. The van der Waals surface area contributed by atoms with Crippen molar-refractivity contribution in [3.8, 4) is 0 Å². The van der Waals surface area contributed by atoms with Gasteiger partial charge in [-0.05, 0) is 0 Å². The largest absolute Gasteiger partial charge is 0.481 e. The SMILES string of the molecule is O=C(O)CCN1CCNC(CC(=O)O)C1=O. The summed E-state index contributed by atoms with van der Waals surface area (Å²) < 4.78 is 0. The molecule has 0 saturated carbocycles. The van der Waals surface area contributed by atoms with E-state index in [1.54, 1.807) is 0 Å². The predicted molar refractivity (Wildman–Crippen MR) is 52.9 cm³/mol. The minimum absolute atomic E-state index is 0.120. The van der Waals surface area contributed by atoms with Crippen molar-refractivity contribution in [3.05, 3.63) is 0 Å². The molecule has 0 aromatic carbocycles. The topological polar surface area (TPSA) is 107 Å². The van der Waals surface area contributed by atoms with Crippen LogP contribution in [-0.4, -0.2) is 58.6 Å². The minimum atomic E-state index is -1.05. The van der Waals surface area contributed by atoms with E-state index in [0.717, 1.165) is 0 Å². The van der Waals surface area contributed by atoms with Gasteiger partial charge in [0.2, 0.25) is 5.91 Å². The molecule has 7 heteroatoms. The van der Waals surface area contributed by atoms with Gasteiger partial charge in [0.25, 0.3) is 0 Å². The second-order valence-electron chi connectivity index (χ2n) is 3.57. The standard InChI is InChI=1S/C9H14N2O5/c12-7(13)1-3-11-4-2-10-6(9(11)16)5-8(14)15/h6,10H,1-5H2,(H,12,13)(H,14,15). The Labute approximate surface area is 92.0 Å². The number of carbonyl (C=O) groups is 3. The van der Waals surface area contributed by atoms with E-state index < -0.39 is 18.0 Å². The highest BCUT2D eigenvalue weighted by atomic mass is 16.4. The molecule has 0 aliphatic carbocycles. The van der Waals surface area contributed by atoms with E-state index in [0.29, 0.717) is 13.1 Å². The third-order valence-corrected chi connectivity index (χ3v) is 2.36. The number of carbonyl (C=O) groups excluding carboxylic acids is 1. The average Bonchev–Trinajstić information content (AvgIpc) is 2.18. The maximum Gasteiger partial charge on any atom is 0.305 e. The van der Waals surface area contributed by atoms with Crippen LogP contribution in [0.1, 0.15) is 12.8 Å². The van der Waals surface area contributed by atoms with Crippen LogP contribution in [-0.2, 0) is 14.4 Å². The first-order valence-electron chi connectivity index (χ1n) is 4.96. The van der Waals surface area contributed by atoms with Gasteiger partial charge in [-0.15, -0.1) is 0 Å². The molecule has 3 N–H and O–H groups in total. The first-order chi connectivity index (χ1) is 7.50. The highest BCUT2D eigenvalue weighted by molar-refractivity contribution is 5.87. The summed E-state index contributed by atoms with van der Waals surface area (Å²) in [4.78, 5) is 33.9. The fourth-order valence-corrected chi connectivity index (χ4v) is 1.58. The summed E-state index contributed by atoms with van der Waals surface area (Å²) in [7, 11) is 0. The lowest BCUT2D eigenvalue weighted by Gasteiger charge is -2.32. The maximum atomic E-state index is 11.7. The number of rotatable bonds is 5. The van der Waals surface area contributed by atoms with Gasteiger partial charge in [0.1, 0.15) is 0 Å². The molecule has 1 atom stereocenters. The molecular weight excluding hydrogens is 216 g/mol. The fraction of sp³-hybridized carbons (Fsp3) is 0.667. The number of carboxylic acid groups (broad SMARTS) is 2. The van der Waals surface area contributed by atoms with E-state index in [1.807, 2.05) is 0 Å². The Morgan fingerprint density at radius 2 is 2.06 bits per heavy atom. The van der Waals surface area contributed by atoms with Crippen LogP contribution in [0.2, 0.25) is 0 Å². The van der Waals surface area contributed by atoms with Gasteiger partial charge in [0, 0.05) is 19.6 Å². The molecule has 7 nitrogen and oxygen atoms in total. The van der Waals surface area contributed by atoms with Crippen molar-refractivity contribution in [2.75, 3.05) is 19.6 Å². The van der Waals surface area contributed by atoms with Gasteiger partial charge in [0.05, 0.1) is 18.9 Å². The van der Waals surface area contributed by atoms with Crippen LogP contribution >= 0.6 is 0 Å². The molecule has 1 aliphatic heterocycles. The van der Waals surface area contributed by atoms with Crippen molar-refractivity contribution in [1.82, 2.24) is 10.2 Å². The van der Waals surface area contributed by atoms with Crippen molar-refractivity contribution in [3.63, 3.8) is 0 Å². The number of carboxylic acids is 2. The van der Waals surface area contributed by atoms with E-state index in [9.17, 15) is 14.4 Å². The molecule has 1 aliphatic rings. The first-order valence-corrected chi connectivity index (χ1v) is 4.96. The number of hydrogen-bond acceptors (Lipinski definition) is 4. The number of aliphatic carboxylic acids is 2. The van der Waals surface area contributed by atoms with Gasteiger partial charge >= 0.3 is 11.9 Å². The zero-order valence-electron chi connectivity index (χ0n) is 8.68. The minimum Gasteiger partial charge on any atom is -0.481 e. The number of piperazine rings is 1. The molecule has 1 unspecified atom stereocenters. The Hall–Kier alpha value is -1.63. The van der Waals surface area contributed by atoms with Gasteiger partial charge in [0.15, 0.2) is 0 Å². The Bertz CT molecular complexity index is 304. The summed E-state index contributed by atoms with van der Waals surface area (Å²) in [6.45, 7) is 1.04. The lowest BCUT2D eigenvalue weighted by atomic mass is 10.1. The maximum absolute atomic E-state index is 11.7. The van der Waals surface area contributed by atoms with E-state index in [1.165, 1.54) is 4.90 Å². The zero-order valence-corrected chi connectivity index (χ0v) is 8.68. The highest BCUT2D eigenvalue weighted by Gasteiger charge is 2.29. The molecule has 1 heterocycles. The van der Waals surface area contributed by atoms with Gasteiger partial charge in [-0.2, -0.15) is 0 Å². The Morgan fingerprint density at radius 3 is 2.62 bits per heavy atom. The van der Waals surface area contributed by atoms with Crippen LogP contribution < -0.4 is 5.32 Å². The zero-order chi connectivity index (χ0) is 12.1. The van der Waals surface area contributed by atoms with Crippen LogP contribution in [0.15, 0.2) is 0 Å². The van der Waals surface area contributed by atoms with Crippen molar-refractivity contribution >= 4 is 17.8 Å². The normalized spacial score (nSPS) is 20.9. The molecular formula is C9H14N2O5. The molecule has 1 fully saturated rings. The Balaban J connectivity index is 2.50. The van der Waals surface area contributed by atoms with Crippen LogP contribution in [0.4, 0.5) is 0 Å². The average molecular weight is 230 g/mol. The van der Waals surface area contributed by atoms with Crippen LogP contribution in [0.3, 0.4) is 0 Å². The number of hydrogen-bond donors (Lipinski definition) is 3. The third-order valence-electron chi connectivity index (χ3n) is 2.36. The molecule has 0 spiro atoms. The quantitative estimate of drug-likeness (QED) is 0.544. The number of nitrogens with zero attached hydrogens (tertiary/aromatic N) is 1. The number of amides is 1. The predicted octanol–water partition coefficient (Wildman–Crippen LogP) is -1.26. The molecule has 1 saturated heterocycles. The van der Waals surface area contributed by atoms with Gasteiger partial charge in [-0.1, -0.05) is 0 Å². The Morgan fingerprint density at radius 1 is 1.38 bits per heavy atom. The summed E-state index contributed by atoms with van der Waals surface area (Å²) in [6.07, 6.45) is -0.395. The van der Waals surface area contributed by atoms with Crippen LogP contribution in [0, 0.1) is 0 Å². The molecule has 1 amide bonds. The monoisotopic (exact) mass is 230 g/mol. The second-order valence-corrected chi connectivity index (χ2v) is 3.57.